The first-order valence-electron chi connectivity index (χ1n) is 10.0. The molecule has 0 unspecified atom stereocenters. The monoisotopic (exact) mass is 422 g/mol. The van der Waals surface area contributed by atoms with Crippen molar-refractivity contribution in [3.8, 4) is 22.8 Å². The Labute approximate surface area is 180 Å². The number of methoxy groups -OCH3 is 1. The minimum Gasteiger partial charge on any atom is -0.496 e. The second-order valence-electron chi connectivity index (χ2n) is 7.06. The van der Waals surface area contributed by atoms with Crippen molar-refractivity contribution >= 4 is 11.7 Å². The van der Waals surface area contributed by atoms with E-state index in [1.54, 1.807) is 24.1 Å². The van der Waals surface area contributed by atoms with Crippen LogP contribution in [-0.4, -0.2) is 60.9 Å². The number of rotatable bonds is 6. The van der Waals surface area contributed by atoms with E-state index in [-0.39, 0.29) is 18.3 Å². The Balaban J connectivity index is 1.32. The molecular formula is C23H23FN4O3. The highest BCUT2D eigenvalue weighted by atomic mass is 19.1. The lowest BCUT2D eigenvalue weighted by molar-refractivity contribution is -0.133. The molecule has 2 heterocycles. The molecule has 3 aromatic rings. The van der Waals surface area contributed by atoms with Crippen LogP contribution in [0.1, 0.15) is 0 Å². The van der Waals surface area contributed by atoms with Gasteiger partial charge in [-0.05, 0) is 36.4 Å². The molecule has 7 nitrogen and oxygen atoms in total. The predicted octanol–water partition coefficient (Wildman–Crippen LogP) is 3.02. The van der Waals surface area contributed by atoms with E-state index in [1.165, 1.54) is 12.1 Å². The van der Waals surface area contributed by atoms with Gasteiger partial charge in [0, 0.05) is 31.7 Å². The summed E-state index contributed by atoms with van der Waals surface area (Å²) in [6.45, 7) is 2.15. The van der Waals surface area contributed by atoms with Gasteiger partial charge in [-0.25, -0.2) is 4.39 Å². The van der Waals surface area contributed by atoms with Gasteiger partial charge >= 0.3 is 0 Å². The summed E-state index contributed by atoms with van der Waals surface area (Å²) in [5.74, 6) is 0.943. The van der Waals surface area contributed by atoms with E-state index in [2.05, 4.69) is 15.1 Å². The lowest BCUT2D eigenvalue weighted by atomic mass is 10.1. The average Bonchev–Trinajstić information content (AvgIpc) is 2.83. The third kappa shape index (κ3) is 4.74. The summed E-state index contributed by atoms with van der Waals surface area (Å²) in [7, 11) is 1.63. The van der Waals surface area contributed by atoms with E-state index >= 15 is 0 Å². The number of halogens is 1. The lowest BCUT2D eigenvalue weighted by Gasteiger charge is -2.35. The highest BCUT2D eigenvalue weighted by Crippen LogP contribution is 2.28. The van der Waals surface area contributed by atoms with E-state index < -0.39 is 5.82 Å². The van der Waals surface area contributed by atoms with Gasteiger partial charge in [-0.2, -0.15) is 0 Å². The number of ether oxygens (including phenoxy) is 2. The normalized spacial score (nSPS) is 13.7. The van der Waals surface area contributed by atoms with Gasteiger partial charge in [0.15, 0.2) is 24.0 Å². The zero-order valence-electron chi connectivity index (χ0n) is 17.2. The number of carbonyl (C=O) groups is 1. The first-order chi connectivity index (χ1) is 15.2. The molecule has 0 radical (unpaired) electrons. The van der Waals surface area contributed by atoms with Crippen LogP contribution in [0, 0.1) is 5.82 Å². The van der Waals surface area contributed by atoms with Crippen molar-refractivity contribution in [2.75, 3.05) is 44.8 Å². The van der Waals surface area contributed by atoms with Crippen LogP contribution >= 0.6 is 0 Å². The first-order valence-corrected chi connectivity index (χ1v) is 10.0. The first kappa shape index (κ1) is 20.6. The van der Waals surface area contributed by atoms with Crippen molar-refractivity contribution in [2.24, 2.45) is 0 Å². The fourth-order valence-corrected chi connectivity index (χ4v) is 3.47. The number of para-hydroxylation sites is 2. The molecule has 4 rings (SSSR count). The molecular weight excluding hydrogens is 399 g/mol. The number of piperazine rings is 1. The number of hydrogen-bond donors (Lipinski definition) is 0. The lowest BCUT2D eigenvalue weighted by Crippen LogP contribution is -2.50. The van der Waals surface area contributed by atoms with Gasteiger partial charge in [-0.1, -0.05) is 24.3 Å². The van der Waals surface area contributed by atoms with E-state index in [1.807, 2.05) is 36.4 Å². The maximum Gasteiger partial charge on any atom is 0.260 e. The van der Waals surface area contributed by atoms with Gasteiger partial charge < -0.3 is 19.3 Å². The molecule has 2 aromatic carbocycles. The van der Waals surface area contributed by atoms with Crippen molar-refractivity contribution < 1.29 is 18.7 Å². The van der Waals surface area contributed by atoms with Crippen LogP contribution in [0.5, 0.6) is 11.5 Å². The quantitative estimate of drug-likeness (QED) is 0.608. The summed E-state index contributed by atoms with van der Waals surface area (Å²) in [6, 6.07) is 17.6. The van der Waals surface area contributed by atoms with Gasteiger partial charge in [-0.3, -0.25) is 4.79 Å². The average molecular weight is 422 g/mol. The molecule has 1 fully saturated rings. The molecule has 1 amide bonds. The van der Waals surface area contributed by atoms with E-state index in [4.69, 9.17) is 9.47 Å². The molecule has 1 saturated heterocycles. The Morgan fingerprint density at radius 3 is 2.32 bits per heavy atom. The molecule has 1 aliphatic rings. The Morgan fingerprint density at radius 1 is 0.935 bits per heavy atom. The van der Waals surface area contributed by atoms with Crippen LogP contribution in [0.2, 0.25) is 0 Å². The topological polar surface area (TPSA) is 67.8 Å². The van der Waals surface area contributed by atoms with Crippen LogP contribution < -0.4 is 14.4 Å². The number of nitrogens with zero attached hydrogens (tertiary/aromatic N) is 4. The fraction of sp³-hybridized carbons (Fsp3) is 0.261. The number of hydrogen-bond acceptors (Lipinski definition) is 6. The molecule has 0 atom stereocenters. The Morgan fingerprint density at radius 2 is 1.65 bits per heavy atom. The standard InChI is InChI=1S/C23H23FN4O3/c1-30-20-8-4-2-6-17(20)19-10-11-22(26-25-19)27-12-14-28(15-13-27)23(29)16-31-21-9-5-3-7-18(21)24/h2-11H,12-16H2,1H3. The molecule has 160 valence electrons. The Hall–Kier alpha value is -3.68. The Bertz CT molecular complexity index is 1040. The highest BCUT2D eigenvalue weighted by Gasteiger charge is 2.23. The van der Waals surface area contributed by atoms with Crippen LogP contribution in [0.15, 0.2) is 60.7 Å². The van der Waals surface area contributed by atoms with Crippen molar-refractivity contribution in [2.45, 2.75) is 0 Å². The van der Waals surface area contributed by atoms with Crippen LogP contribution in [0.3, 0.4) is 0 Å². The number of aromatic nitrogens is 2. The molecule has 8 heteroatoms. The summed E-state index contributed by atoms with van der Waals surface area (Å²) >= 11 is 0. The predicted molar refractivity (Wildman–Crippen MR) is 115 cm³/mol. The fourth-order valence-electron chi connectivity index (χ4n) is 3.47. The molecule has 1 aromatic heterocycles. The van der Waals surface area contributed by atoms with Crippen LogP contribution in [-0.2, 0) is 4.79 Å². The zero-order chi connectivity index (χ0) is 21.6. The second-order valence-corrected chi connectivity index (χ2v) is 7.06. The van der Waals surface area contributed by atoms with E-state index in [9.17, 15) is 9.18 Å². The summed E-state index contributed by atoms with van der Waals surface area (Å²) < 4.78 is 24.3. The van der Waals surface area contributed by atoms with Gasteiger partial charge in [0.25, 0.3) is 5.91 Å². The van der Waals surface area contributed by atoms with Gasteiger partial charge in [-0.15, -0.1) is 10.2 Å². The van der Waals surface area contributed by atoms with Gasteiger partial charge in [0.2, 0.25) is 0 Å². The number of amides is 1. The maximum absolute atomic E-state index is 13.6. The van der Waals surface area contributed by atoms with Crippen molar-refractivity contribution in [3.63, 3.8) is 0 Å². The van der Waals surface area contributed by atoms with Gasteiger partial charge in [0.1, 0.15) is 5.75 Å². The third-order valence-corrected chi connectivity index (χ3v) is 5.18. The van der Waals surface area contributed by atoms with E-state index in [0.29, 0.717) is 26.2 Å². The number of anilines is 1. The summed E-state index contributed by atoms with van der Waals surface area (Å²) in [6.07, 6.45) is 0. The second kappa shape index (κ2) is 9.42. The zero-order valence-corrected chi connectivity index (χ0v) is 17.2. The molecule has 0 aliphatic carbocycles. The van der Waals surface area contributed by atoms with Crippen molar-refractivity contribution in [1.29, 1.82) is 0 Å². The molecule has 31 heavy (non-hydrogen) atoms. The summed E-state index contributed by atoms with van der Waals surface area (Å²) in [5, 5.41) is 8.71. The van der Waals surface area contributed by atoms with Crippen LogP contribution in [0.25, 0.3) is 11.3 Å². The SMILES string of the molecule is COc1ccccc1-c1ccc(N2CCN(C(=O)COc3ccccc3F)CC2)nn1. The molecule has 0 N–H and O–H groups in total. The maximum atomic E-state index is 13.6. The van der Waals surface area contributed by atoms with Gasteiger partial charge in [0.05, 0.1) is 12.8 Å². The Kier molecular flexibility index (Phi) is 6.26. The molecule has 0 bridgehead atoms. The summed E-state index contributed by atoms with van der Waals surface area (Å²) in [4.78, 5) is 16.2. The highest BCUT2D eigenvalue weighted by molar-refractivity contribution is 5.78. The molecule has 0 saturated carbocycles. The molecule has 1 aliphatic heterocycles. The minimum atomic E-state index is -0.477. The van der Waals surface area contributed by atoms with E-state index in [0.717, 1.165) is 22.8 Å². The largest absolute Gasteiger partial charge is 0.496 e. The smallest absolute Gasteiger partial charge is 0.260 e. The number of carbonyl (C=O) groups excluding carboxylic acids is 1. The van der Waals surface area contributed by atoms with Crippen molar-refractivity contribution in [3.05, 3.63) is 66.5 Å². The summed E-state index contributed by atoms with van der Waals surface area (Å²) in [5.41, 5.74) is 1.62. The minimum absolute atomic E-state index is 0.0832. The van der Waals surface area contributed by atoms with Crippen molar-refractivity contribution in [1.82, 2.24) is 15.1 Å². The molecule has 0 spiro atoms. The third-order valence-electron chi connectivity index (χ3n) is 5.18. The number of benzene rings is 2. The van der Waals surface area contributed by atoms with Crippen LogP contribution in [0.4, 0.5) is 10.2 Å².